The van der Waals surface area contributed by atoms with Crippen molar-refractivity contribution in [3.63, 3.8) is 0 Å². The van der Waals surface area contributed by atoms with E-state index in [1.54, 1.807) is 0 Å². The number of aliphatic imine (C=N–C) groups is 2. The molecule has 0 radical (unpaired) electrons. The normalized spacial score (nSPS) is 12.3. The maximum Gasteiger partial charge on any atom is 0.0849 e. The van der Waals surface area contributed by atoms with Crippen molar-refractivity contribution in [1.82, 2.24) is 4.98 Å². The largest absolute Gasteiger partial charge is 0.251 e. The molecule has 1 aromatic heterocycles. The molecule has 0 spiro atoms. The average molecular weight is 418 g/mol. The lowest BCUT2D eigenvalue weighted by Gasteiger charge is -2.10. The molecule has 0 N–H and O–H groups in total. The monoisotopic (exact) mass is 417 g/mol. The van der Waals surface area contributed by atoms with E-state index in [0.29, 0.717) is 5.02 Å². The minimum absolute atomic E-state index is 0.645. The molecule has 0 saturated heterocycles. The molecule has 1 heterocycles. The van der Waals surface area contributed by atoms with Crippen molar-refractivity contribution in [2.45, 2.75) is 47.5 Å². The number of hydrogen-bond acceptors (Lipinski definition) is 3. The van der Waals surface area contributed by atoms with Gasteiger partial charge in [-0.05, 0) is 69.0 Å². The maximum atomic E-state index is 6.34. The molecular weight excluding hydrogens is 390 g/mol. The Kier molecular flexibility index (Phi) is 7.17. The lowest BCUT2D eigenvalue weighted by atomic mass is 10.0. The molecule has 154 valence electrons. The fourth-order valence-corrected chi connectivity index (χ4v) is 3.67. The Balaban J connectivity index is 1.98. The van der Waals surface area contributed by atoms with Gasteiger partial charge in [-0.2, -0.15) is 0 Å². The van der Waals surface area contributed by atoms with Gasteiger partial charge in [0, 0.05) is 0 Å². The Morgan fingerprint density at radius 3 is 1.93 bits per heavy atom. The fraction of sp³-hybridized carbons (Fsp3) is 0.269. The Morgan fingerprint density at radius 2 is 1.33 bits per heavy atom. The second-order valence-corrected chi connectivity index (χ2v) is 7.95. The van der Waals surface area contributed by atoms with Gasteiger partial charge in [-0.15, -0.1) is 0 Å². The van der Waals surface area contributed by atoms with E-state index in [-0.39, 0.29) is 0 Å². The summed E-state index contributed by atoms with van der Waals surface area (Å²) in [4.78, 5) is 14.5. The van der Waals surface area contributed by atoms with Gasteiger partial charge in [0.25, 0.3) is 0 Å². The van der Waals surface area contributed by atoms with Gasteiger partial charge in [-0.3, -0.25) is 4.99 Å². The second-order valence-electron chi connectivity index (χ2n) is 7.54. The highest BCUT2D eigenvalue weighted by atomic mass is 35.5. The molecular formula is C26H28ClN3. The van der Waals surface area contributed by atoms with Crippen molar-refractivity contribution in [3.05, 3.63) is 87.7 Å². The van der Waals surface area contributed by atoms with E-state index in [4.69, 9.17) is 26.6 Å². The first kappa shape index (κ1) is 21.9. The van der Waals surface area contributed by atoms with Crippen molar-refractivity contribution in [2.24, 2.45) is 9.98 Å². The van der Waals surface area contributed by atoms with Crippen LogP contribution >= 0.6 is 11.6 Å². The first-order valence-electron chi connectivity index (χ1n) is 10.3. The first-order chi connectivity index (χ1) is 14.4. The second kappa shape index (κ2) is 9.82. The van der Waals surface area contributed by atoms with E-state index in [1.165, 1.54) is 11.1 Å². The van der Waals surface area contributed by atoms with E-state index in [0.717, 1.165) is 52.6 Å². The van der Waals surface area contributed by atoms with Crippen LogP contribution < -0.4 is 0 Å². The molecule has 0 aliphatic carbocycles. The Morgan fingerprint density at radius 1 is 0.800 bits per heavy atom. The van der Waals surface area contributed by atoms with Gasteiger partial charge >= 0.3 is 0 Å². The lowest BCUT2D eigenvalue weighted by Crippen LogP contribution is -2.05. The summed E-state index contributed by atoms with van der Waals surface area (Å²) in [5, 5.41) is 0.645. The summed E-state index contributed by atoms with van der Waals surface area (Å²) in [7, 11) is 0. The SMILES string of the molecule is CCCc1cccc(C)c1/N=C(\C)c1cccc(/C(C)=N/c2c(C)cccc2Cl)n1. The van der Waals surface area contributed by atoms with Crippen molar-refractivity contribution >= 4 is 34.4 Å². The van der Waals surface area contributed by atoms with E-state index in [9.17, 15) is 0 Å². The number of aryl methyl sites for hydroxylation is 3. The summed E-state index contributed by atoms with van der Waals surface area (Å²) in [6.45, 7) is 10.3. The number of rotatable bonds is 6. The third-order valence-corrected chi connectivity index (χ3v) is 5.38. The van der Waals surface area contributed by atoms with Crippen molar-refractivity contribution in [1.29, 1.82) is 0 Å². The minimum Gasteiger partial charge on any atom is -0.251 e. The number of benzene rings is 2. The van der Waals surface area contributed by atoms with Crippen LogP contribution in [0.2, 0.25) is 5.02 Å². The van der Waals surface area contributed by atoms with Crippen molar-refractivity contribution in [2.75, 3.05) is 0 Å². The van der Waals surface area contributed by atoms with E-state index in [1.807, 2.05) is 57.2 Å². The standard InChI is InChI=1S/C26H28ClN3/c1-6-10-21-13-7-11-17(2)25(21)28-19(4)23-15-9-16-24(30-23)20(5)29-26-18(3)12-8-14-22(26)27/h7-9,11-16H,6,10H2,1-5H3/b28-19+,29-20+. The van der Waals surface area contributed by atoms with Gasteiger partial charge in [-0.25, -0.2) is 9.98 Å². The van der Waals surface area contributed by atoms with Crippen molar-refractivity contribution < 1.29 is 0 Å². The molecule has 3 aromatic rings. The first-order valence-corrected chi connectivity index (χ1v) is 10.7. The van der Waals surface area contributed by atoms with Crippen LogP contribution in [0.1, 0.15) is 55.3 Å². The molecule has 3 rings (SSSR count). The number of hydrogen-bond donors (Lipinski definition) is 0. The summed E-state index contributed by atoms with van der Waals surface area (Å²) in [6, 6.07) is 18.1. The third-order valence-electron chi connectivity index (χ3n) is 5.08. The highest BCUT2D eigenvalue weighted by Gasteiger charge is 2.09. The summed E-state index contributed by atoms with van der Waals surface area (Å²) in [5.41, 5.74) is 8.74. The van der Waals surface area contributed by atoms with Gasteiger partial charge in [0.1, 0.15) is 0 Å². The molecule has 2 aromatic carbocycles. The number of halogens is 1. The lowest BCUT2D eigenvalue weighted by molar-refractivity contribution is 0.920. The molecule has 0 unspecified atom stereocenters. The van der Waals surface area contributed by atoms with Gasteiger partial charge in [-0.1, -0.05) is 61.3 Å². The predicted molar refractivity (Wildman–Crippen MR) is 129 cm³/mol. The quantitative estimate of drug-likeness (QED) is 0.380. The summed E-state index contributed by atoms with van der Waals surface area (Å²) in [6.07, 6.45) is 2.11. The average Bonchev–Trinajstić information content (AvgIpc) is 2.73. The molecule has 0 aliphatic rings. The van der Waals surface area contributed by atoms with Gasteiger partial charge in [0.05, 0.1) is 39.2 Å². The Labute approximate surface area is 184 Å². The van der Waals surface area contributed by atoms with E-state index >= 15 is 0 Å². The predicted octanol–water partition coefficient (Wildman–Crippen LogP) is 7.59. The zero-order chi connectivity index (χ0) is 21.7. The number of nitrogens with zero attached hydrogens (tertiary/aromatic N) is 3. The molecule has 0 amide bonds. The topological polar surface area (TPSA) is 37.6 Å². The molecule has 0 aliphatic heterocycles. The van der Waals surface area contributed by atoms with Gasteiger partial charge in [0.2, 0.25) is 0 Å². The number of para-hydroxylation sites is 2. The smallest absolute Gasteiger partial charge is 0.0849 e. The highest BCUT2D eigenvalue weighted by molar-refractivity contribution is 6.33. The molecule has 30 heavy (non-hydrogen) atoms. The Hall–Kier alpha value is -2.78. The molecule has 0 bridgehead atoms. The fourth-order valence-electron chi connectivity index (χ4n) is 3.40. The maximum absolute atomic E-state index is 6.34. The Bertz CT molecular complexity index is 1090. The highest BCUT2D eigenvalue weighted by Crippen LogP contribution is 2.29. The van der Waals surface area contributed by atoms with E-state index < -0.39 is 0 Å². The summed E-state index contributed by atoms with van der Waals surface area (Å²) < 4.78 is 0. The van der Waals surface area contributed by atoms with Crippen molar-refractivity contribution in [3.8, 4) is 0 Å². The van der Waals surface area contributed by atoms with Crippen LogP contribution in [0.4, 0.5) is 11.4 Å². The van der Waals surface area contributed by atoms with Crippen LogP contribution in [0.3, 0.4) is 0 Å². The molecule has 0 fully saturated rings. The molecule has 0 atom stereocenters. The zero-order valence-corrected chi connectivity index (χ0v) is 19.1. The summed E-state index contributed by atoms with van der Waals surface area (Å²) >= 11 is 6.34. The van der Waals surface area contributed by atoms with Crippen LogP contribution in [0.15, 0.2) is 64.6 Å². The molecule has 0 saturated carbocycles. The molecule has 3 nitrogen and oxygen atoms in total. The number of pyridine rings is 1. The number of aromatic nitrogens is 1. The van der Waals surface area contributed by atoms with Crippen LogP contribution in [0, 0.1) is 13.8 Å². The van der Waals surface area contributed by atoms with Crippen LogP contribution in [0.25, 0.3) is 0 Å². The van der Waals surface area contributed by atoms with Gasteiger partial charge in [0.15, 0.2) is 0 Å². The van der Waals surface area contributed by atoms with Crippen LogP contribution in [0.5, 0.6) is 0 Å². The minimum atomic E-state index is 0.645. The van der Waals surface area contributed by atoms with Crippen LogP contribution in [-0.2, 0) is 6.42 Å². The van der Waals surface area contributed by atoms with Crippen LogP contribution in [-0.4, -0.2) is 16.4 Å². The van der Waals surface area contributed by atoms with Gasteiger partial charge < -0.3 is 0 Å². The summed E-state index contributed by atoms with van der Waals surface area (Å²) in [5.74, 6) is 0. The molecule has 4 heteroatoms. The van der Waals surface area contributed by atoms with E-state index in [2.05, 4.69) is 32.0 Å². The zero-order valence-electron chi connectivity index (χ0n) is 18.3. The third kappa shape index (κ3) is 5.03.